The highest BCUT2D eigenvalue weighted by Gasteiger charge is 2.33. The molecule has 3 aromatic carbocycles. The van der Waals surface area contributed by atoms with Gasteiger partial charge in [0, 0.05) is 27.7 Å². The zero-order chi connectivity index (χ0) is 28.9. The lowest BCUT2D eigenvalue weighted by Gasteiger charge is -2.32. The number of hydrogen-bond donors (Lipinski definition) is 1. The number of halogens is 3. The van der Waals surface area contributed by atoms with E-state index in [9.17, 15) is 18.0 Å². The minimum absolute atomic E-state index is 0.00684. The molecule has 2 amide bonds. The van der Waals surface area contributed by atoms with E-state index in [4.69, 9.17) is 34.8 Å². The third-order valence-electron chi connectivity index (χ3n) is 6.01. The number of nitrogens with one attached hydrogen (secondary N) is 1. The third kappa shape index (κ3) is 7.66. The molecule has 3 aromatic rings. The van der Waals surface area contributed by atoms with E-state index in [1.165, 1.54) is 23.1 Å². The van der Waals surface area contributed by atoms with Crippen LogP contribution in [0.3, 0.4) is 0 Å². The van der Waals surface area contributed by atoms with Crippen LogP contribution in [-0.2, 0) is 26.2 Å². The van der Waals surface area contributed by atoms with Crippen LogP contribution in [0, 0.1) is 6.92 Å². The molecule has 39 heavy (non-hydrogen) atoms. The number of amides is 2. The van der Waals surface area contributed by atoms with Gasteiger partial charge < -0.3 is 10.2 Å². The summed E-state index contributed by atoms with van der Waals surface area (Å²) in [6.45, 7) is 6.36. The molecule has 0 radical (unpaired) electrons. The first kappa shape index (κ1) is 30.8. The molecule has 1 N–H and O–H groups in total. The van der Waals surface area contributed by atoms with Crippen molar-refractivity contribution in [3.05, 3.63) is 92.9 Å². The first-order chi connectivity index (χ1) is 18.3. The molecular weight excluding hydrogens is 581 g/mol. The Hall–Kier alpha value is -2.78. The van der Waals surface area contributed by atoms with Crippen molar-refractivity contribution < 1.29 is 18.0 Å². The second-order valence-corrected chi connectivity index (χ2v) is 12.5. The fraction of sp³-hybridized carbons (Fsp3) is 0.286. The standard InChI is InChI=1S/C28H30Cl3N3O4S/c1-18(2)32-28(36)20(4)33(16-21-11-12-22(29)14-26(21)31)27(35)17-34(23-13-10-19(3)25(30)15-23)39(37,38)24-8-6-5-7-9-24/h5-15,18,20H,16-17H2,1-4H3,(H,32,36). The van der Waals surface area contributed by atoms with Crippen molar-refractivity contribution in [2.45, 2.75) is 51.2 Å². The largest absolute Gasteiger partial charge is 0.352 e. The summed E-state index contributed by atoms with van der Waals surface area (Å²) < 4.78 is 28.6. The molecule has 1 atom stereocenters. The van der Waals surface area contributed by atoms with Crippen molar-refractivity contribution in [1.29, 1.82) is 0 Å². The highest BCUT2D eigenvalue weighted by Crippen LogP contribution is 2.29. The minimum Gasteiger partial charge on any atom is -0.352 e. The van der Waals surface area contributed by atoms with Gasteiger partial charge in [-0.3, -0.25) is 13.9 Å². The molecule has 0 aromatic heterocycles. The van der Waals surface area contributed by atoms with Gasteiger partial charge in [-0.15, -0.1) is 0 Å². The van der Waals surface area contributed by atoms with E-state index in [-0.39, 0.29) is 29.1 Å². The van der Waals surface area contributed by atoms with Gasteiger partial charge in [0.1, 0.15) is 12.6 Å². The number of anilines is 1. The SMILES string of the molecule is Cc1ccc(N(CC(=O)N(Cc2ccc(Cl)cc2Cl)C(C)C(=O)NC(C)C)S(=O)(=O)c2ccccc2)cc1Cl. The van der Waals surface area contributed by atoms with Crippen LogP contribution in [0.25, 0.3) is 0 Å². The van der Waals surface area contributed by atoms with E-state index in [0.29, 0.717) is 20.6 Å². The summed E-state index contributed by atoms with van der Waals surface area (Å²) in [6.07, 6.45) is 0. The van der Waals surface area contributed by atoms with Crippen LogP contribution >= 0.6 is 34.8 Å². The monoisotopic (exact) mass is 609 g/mol. The van der Waals surface area contributed by atoms with E-state index in [0.717, 1.165) is 9.87 Å². The molecule has 0 aliphatic heterocycles. The Bertz CT molecular complexity index is 1450. The lowest BCUT2D eigenvalue weighted by atomic mass is 10.1. The lowest BCUT2D eigenvalue weighted by Crippen LogP contribution is -2.52. The number of sulfonamides is 1. The Morgan fingerprint density at radius 3 is 2.15 bits per heavy atom. The Labute approximate surface area is 244 Å². The quantitative estimate of drug-likeness (QED) is 0.301. The predicted octanol–water partition coefficient (Wildman–Crippen LogP) is 6.09. The summed E-state index contributed by atoms with van der Waals surface area (Å²) in [5.41, 5.74) is 1.52. The second kappa shape index (κ2) is 13.0. The molecule has 0 heterocycles. The van der Waals surface area contributed by atoms with E-state index in [1.54, 1.807) is 62.4 Å². The van der Waals surface area contributed by atoms with Crippen LogP contribution in [0.5, 0.6) is 0 Å². The number of carbonyl (C=O) groups is 2. The maximum Gasteiger partial charge on any atom is 0.264 e. The van der Waals surface area contributed by atoms with Crippen molar-refractivity contribution in [1.82, 2.24) is 10.2 Å². The van der Waals surface area contributed by atoms with Crippen LogP contribution in [0.1, 0.15) is 31.9 Å². The molecular formula is C28H30Cl3N3O4S. The number of carbonyl (C=O) groups excluding carboxylic acids is 2. The van der Waals surface area contributed by atoms with Crippen LogP contribution in [0.15, 0.2) is 71.6 Å². The first-order valence-electron chi connectivity index (χ1n) is 12.2. The molecule has 0 spiro atoms. The van der Waals surface area contributed by atoms with Crippen molar-refractivity contribution in [2.24, 2.45) is 0 Å². The van der Waals surface area contributed by atoms with Gasteiger partial charge in [0.25, 0.3) is 10.0 Å². The van der Waals surface area contributed by atoms with Gasteiger partial charge in [0.05, 0.1) is 10.6 Å². The lowest BCUT2D eigenvalue weighted by molar-refractivity contribution is -0.139. The molecule has 0 aliphatic carbocycles. The van der Waals surface area contributed by atoms with Gasteiger partial charge in [-0.05, 0) is 75.2 Å². The van der Waals surface area contributed by atoms with Gasteiger partial charge in [-0.2, -0.15) is 0 Å². The van der Waals surface area contributed by atoms with E-state index >= 15 is 0 Å². The van der Waals surface area contributed by atoms with Crippen molar-refractivity contribution >= 4 is 62.3 Å². The van der Waals surface area contributed by atoms with E-state index in [1.807, 2.05) is 13.8 Å². The van der Waals surface area contributed by atoms with Gasteiger partial charge in [-0.1, -0.05) is 65.1 Å². The average molecular weight is 611 g/mol. The van der Waals surface area contributed by atoms with Crippen molar-refractivity contribution in [3.63, 3.8) is 0 Å². The summed E-state index contributed by atoms with van der Waals surface area (Å²) in [6, 6.07) is 16.3. The average Bonchev–Trinajstić information content (AvgIpc) is 2.88. The van der Waals surface area contributed by atoms with Crippen LogP contribution in [0.4, 0.5) is 5.69 Å². The molecule has 3 rings (SSSR count). The van der Waals surface area contributed by atoms with Crippen molar-refractivity contribution in [3.8, 4) is 0 Å². The Kier molecular flexibility index (Phi) is 10.3. The molecule has 0 saturated heterocycles. The smallest absolute Gasteiger partial charge is 0.264 e. The number of aryl methyl sites for hydroxylation is 1. The molecule has 0 aliphatic rings. The zero-order valence-electron chi connectivity index (χ0n) is 22.0. The third-order valence-corrected chi connectivity index (χ3v) is 8.79. The Morgan fingerprint density at radius 1 is 0.897 bits per heavy atom. The fourth-order valence-electron chi connectivity index (χ4n) is 3.81. The Balaban J connectivity index is 2.07. The second-order valence-electron chi connectivity index (χ2n) is 9.35. The molecule has 0 saturated carbocycles. The fourth-order valence-corrected chi connectivity index (χ4v) is 5.88. The maximum absolute atomic E-state index is 13.9. The molecule has 0 bridgehead atoms. The molecule has 208 valence electrons. The molecule has 0 fully saturated rings. The summed E-state index contributed by atoms with van der Waals surface area (Å²) in [7, 11) is -4.18. The summed E-state index contributed by atoms with van der Waals surface area (Å²) in [5.74, 6) is -0.997. The molecule has 1 unspecified atom stereocenters. The highest BCUT2D eigenvalue weighted by atomic mass is 35.5. The molecule has 11 heteroatoms. The maximum atomic E-state index is 13.9. The zero-order valence-corrected chi connectivity index (χ0v) is 25.1. The van der Waals surface area contributed by atoms with Crippen LogP contribution in [0.2, 0.25) is 15.1 Å². The predicted molar refractivity (Wildman–Crippen MR) is 157 cm³/mol. The number of hydrogen-bond acceptors (Lipinski definition) is 4. The van der Waals surface area contributed by atoms with Crippen molar-refractivity contribution in [2.75, 3.05) is 10.8 Å². The van der Waals surface area contributed by atoms with Gasteiger partial charge in [0.2, 0.25) is 11.8 Å². The first-order valence-corrected chi connectivity index (χ1v) is 14.8. The van der Waals surface area contributed by atoms with Gasteiger partial charge >= 0.3 is 0 Å². The van der Waals surface area contributed by atoms with E-state index in [2.05, 4.69) is 5.32 Å². The van der Waals surface area contributed by atoms with Gasteiger partial charge in [0.15, 0.2) is 0 Å². The van der Waals surface area contributed by atoms with Crippen LogP contribution < -0.4 is 9.62 Å². The summed E-state index contributed by atoms with van der Waals surface area (Å²) >= 11 is 18.8. The highest BCUT2D eigenvalue weighted by molar-refractivity contribution is 7.92. The topological polar surface area (TPSA) is 86.8 Å². The summed E-state index contributed by atoms with van der Waals surface area (Å²) in [5, 5.41) is 3.89. The van der Waals surface area contributed by atoms with E-state index < -0.39 is 28.5 Å². The minimum atomic E-state index is -4.18. The number of nitrogens with zero attached hydrogens (tertiary/aromatic N) is 2. The normalized spacial score (nSPS) is 12.2. The molecule has 7 nitrogen and oxygen atoms in total. The summed E-state index contributed by atoms with van der Waals surface area (Å²) in [4.78, 5) is 28.2. The number of benzene rings is 3. The Morgan fingerprint density at radius 2 is 1.56 bits per heavy atom. The number of rotatable bonds is 10. The van der Waals surface area contributed by atoms with Gasteiger partial charge in [-0.25, -0.2) is 8.42 Å². The van der Waals surface area contributed by atoms with Crippen LogP contribution in [-0.4, -0.2) is 43.8 Å².